The second-order valence-electron chi connectivity index (χ2n) is 2.30. The van der Waals surface area contributed by atoms with Crippen molar-refractivity contribution in [3.63, 3.8) is 0 Å². The Morgan fingerprint density at radius 3 is 2.57 bits per heavy atom. The van der Waals surface area contributed by atoms with Crippen LogP contribution in [0.25, 0.3) is 0 Å². The minimum absolute atomic E-state index is 0.357. The predicted molar refractivity (Wildman–Crippen MR) is 37.1 cm³/mol. The molecule has 6 nitrogen and oxygen atoms in total. The van der Waals surface area contributed by atoms with E-state index in [4.69, 9.17) is 5.73 Å². The molecule has 0 aromatic carbocycles. The zero-order chi connectivity index (χ0) is 10.8. The summed E-state index contributed by atoms with van der Waals surface area (Å²) in [5.41, 5.74) is 4.61. The summed E-state index contributed by atoms with van der Waals surface area (Å²) in [5.74, 6) is -1.44. The van der Waals surface area contributed by atoms with E-state index in [1.54, 1.807) is 5.32 Å². The van der Waals surface area contributed by atoms with Gasteiger partial charge in [0.25, 0.3) is 5.91 Å². The van der Waals surface area contributed by atoms with E-state index < -0.39 is 24.3 Å². The maximum absolute atomic E-state index is 11.7. The highest BCUT2D eigenvalue weighted by Gasteiger charge is 2.29. The summed E-state index contributed by atoms with van der Waals surface area (Å²) in [6, 6.07) is 0. The van der Waals surface area contributed by atoms with Crippen LogP contribution in [-0.4, -0.2) is 28.9 Å². The van der Waals surface area contributed by atoms with Gasteiger partial charge in [0.05, 0.1) is 0 Å². The molecule has 0 bridgehead atoms. The van der Waals surface area contributed by atoms with Crippen molar-refractivity contribution in [1.82, 2.24) is 15.6 Å². The quantitative estimate of drug-likeness (QED) is 0.713. The molecule has 0 atom stereocenters. The van der Waals surface area contributed by atoms with Crippen LogP contribution in [0.1, 0.15) is 10.5 Å². The number of carbonyl (C=O) groups is 1. The van der Waals surface area contributed by atoms with Crippen LogP contribution in [0.4, 0.5) is 19.0 Å². The molecule has 0 aliphatic rings. The number of hydrogen-bond donors (Lipinski definition) is 2. The van der Waals surface area contributed by atoms with Gasteiger partial charge in [-0.1, -0.05) is 0 Å². The van der Waals surface area contributed by atoms with Gasteiger partial charge in [0.2, 0.25) is 11.5 Å². The number of carbonyl (C=O) groups excluding carboxylic acids is 1. The lowest BCUT2D eigenvalue weighted by atomic mass is 10.4. The van der Waals surface area contributed by atoms with E-state index >= 15 is 0 Å². The smallest absolute Gasteiger partial charge is 0.379 e. The summed E-state index contributed by atoms with van der Waals surface area (Å²) in [6.07, 6.45) is -4.48. The average Bonchev–Trinajstić information content (AvgIpc) is 2.46. The van der Waals surface area contributed by atoms with Gasteiger partial charge >= 0.3 is 6.18 Å². The van der Waals surface area contributed by atoms with Crippen LogP contribution in [0, 0.1) is 0 Å². The molecular weight excluding hydrogens is 205 g/mol. The molecule has 1 heterocycles. The zero-order valence-corrected chi connectivity index (χ0v) is 6.63. The first-order valence-electron chi connectivity index (χ1n) is 3.33. The Bertz CT molecular complexity index is 334. The van der Waals surface area contributed by atoms with Gasteiger partial charge in [-0.05, 0) is 10.3 Å². The number of alkyl halides is 3. The third kappa shape index (κ3) is 2.61. The van der Waals surface area contributed by atoms with E-state index in [0.717, 1.165) is 0 Å². The molecule has 1 aromatic heterocycles. The van der Waals surface area contributed by atoms with Crippen LogP contribution in [-0.2, 0) is 0 Å². The number of aromatic nitrogens is 2. The lowest BCUT2D eigenvalue weighted by Gasteiger charge is -2.06. The number of nitrogen functional groups attached to an aromatic ring is 1. The largest absolute Gasteiger partial charge is 0.405 e. The van der Waals surface area contributed by atoms with Gasteiger partial charge in [-0.15, -0.1) is 0 Å². The number of anilines is 1. The molecule has 0 spiro atoms. The molecule has 0 saturated carbocycles. The fourth-order valence-electron chi connectivity index (χ4n) is 0.617. The maximum Gasteiger partial charge on any atom is 0.405 e. The molecule has 0 aliphatic carbocycles. The number of halogens is 3. The SMILES string of the molecule is Nc1nonc1C(=O)NCC(F)(F)F. The molecule has 0 unspecified atom stereocenters. The van der Waals surface area contributed by atoms with Gasteiger partial charge < -0.3 is 11.1 Å². The van der Waals surface area contributed by atoms with Crippen molar-refractivity contribution in [3.05, 3.63) is 5.69 Å². The van der Waals surface area contributed by atoms with Crippen molar-refractivity contribution >= 4 is 11.7 Å². The van der Waals surface area contributed by atoms with Crippen molar-refractivity contribution in [3.8, 4) is 0 Å². The minimum Gasteiger partial charge on any atom is -0.379 e. The molecule has 9 heteroatoms. The Morgan fingerprint density at radius 2 is 2.14 bits per heavy atom. The summed E-state index contributed by atoms with van der Waals surface area (Å²) < 4.78 is 39.0. The van der Waals surface area contributed by atoms with Gasteiger partial charge in [-0.2, -0.15) is 13.2 Å². The van der Waals surface area contributed by atoms with Gasteiger partial charge in [0.15, 0.2) is 0 Å². The van der Waals surface area contributed by atoms with Crippen LogP contribution >= 0.6 is 0 Å². The van der Waals surface area contributed by atoms with Gasteiger partial charge in [0.1, 0.15) is 6.54 Å². The highest BCUT2D eigenvalue weighted by molar-refractivity contribution is 5.95. The Morgan fingerprint density at radius 1 is 1.50 bits per heavy atom. The monoisotopic (exact) mass is 210 g/mol. The van der Waals surface area contributed by atoms with Crippen LogP contribution in [0.3, 0.4) is 0 Å². The standard InChI is InChI=1S/C5H5F3N4O2/c6-5(7,8)1-10-4(13)2-3(9)12-14-11-2/h1H2,(H2,9,12)(H,10,13). The number of nitrogens with zero attached hydrogens (tertiary/aromatic N) is 2. The van der Waals surface area contributed by atoms with Gasteiger partial charge in [-0.3, -0.25) is 4.79 Å². The van der Waals surface area contributed by atoms with E-state index in [2.05, 4.69) is 14.9 Å². The molecule has 14 heavy (non-hydrogen) atoms. The van der Waals surface area contributed by atoms with Crippen molar-refractivity contribution in [1.29, 1.82) is 0 Å². The Labute approximate surface area is 75.2 Å². The summed E-state index contributed by atoms with van der Waals surface area (Å²) >= 11 is 0. The second-order valence-corrected chi connectivity index (χ2v) is 2.30. The van der Waals surface area contributed by atoms with E-state index in [9.17, 15) is 18.0 Å². The number of amides is 1. The predicted octanol–water partition coefficient (Wildman–Crippen LogP) is -0.0561. The number of nitrogens with one attached hydrogen (secondary N) is 1. The molecule has 78 valence electrons. The van der Waals surface area contributed by atoms with Crippen LogP contribution in [0.15, 0.2) is 4.63 Å². The molecule has 1 rings (SSSR count). The topological polar surface area (TPSA) is 94.0 Å². The summed E-state index contributed by atoms with van der Waals surface area (Å²) in [6.45, 7) is -1.46. The van der Waals surface area contributed by atoms with E-state index in [1.165, 1.54) is 0 Å². The van der Waals surface area contributed by atoms with E-state index in [0.29, 0.717) is 0 Å². The van der Waals surface area contributed by atoms with Crippen molar-refractivity contribution in [2.24, 2.45) is 0 Å². The molecule has 1 aromatic rings. The normalized spacial score (nSPS) is 11.4. The average molecular weight is 210 g/mol. The lowest BCUT2D eigenvalue weighted by Crippen LogP contribution is -2.34. The highest BCUT2D eigenvalue weighted by atomic mass is 19.4. The van der Waals surface area contributed by atoms with E-state index in [1.807, 2.05) is 0 Å². The molecule has 3 N–H and O–H groups in total. The van der Waals surface area contributed by atoms with Gasteiger partial charge in [0, 0.05) is 0 Å². The van der Waals surface area contributed by atoms with Crippen molar-refractivity contribution in [2.75, 3.05) is 12.3 Å². The highest BCUT2D eigenvalue weighted by Crippen LogP contribution is 2.13. The molecule has 0 fully saturated rings. The van der Waals surface area contributed by atoms with Crippen molar-refractivity contribution in [2.45, 2.75) is 6.18 Å². The molecule has 1 amide bonds. The number of hydrogen-bond acceptors (Lipinski definition) is 5. The van der Waals surface area contributed by atoms with Gasteiger partial charge in [-0.25, -0.2) is 4.63 Å². The van der Waals surface area contributed by atoms with Crippen LogP contribution in [0.2, 0.25) is 0 Å². The fraction of sp³-hybridized carbons (Fsp3) is 0.400. The lowest BCUT2D eigenvalue weighted by molar-refractivity contribution is -0.123. The fourth-order valence-corrected chi connectivity index (χ4v) is 0.617. The number of rotatable bonds is 2. The maximum atomic E-state index is 11.7. The first kappa shape index (κ1) is 10.3. The molecular formula is C5H5F3N4O2. The Balaban J connectivity index is 2.56. The summed E-state index contributed by atoms with van der Waals surface area (Å²) in [5, 5.41) is 7.62. The van der Waals surface area contributed by atoms with E-state index in [-0.39, 0.29) is 5.82 Å². The summed E-state index contributed by atoms with van der Waals surface area (Å²) in [4.78, 5) is 10.9. The Hall–Kier alpha value is -1.80. The van der Waals surface area contributed by atoms with Crippen molar-refractivity contribution < 1.29 is 22.6 Å². The second kappa shape index (κ2) is 3.52. The van der Waals surface area contributed by atoms with Crippen LogP contribution < -0.4 is 11.1 Å². The molecule has 0 saturated heterocycles. The summed E-state index contributed by atoms with van der Waals surface area (Å²) in [7, 11) is 0. The minimum atomic E-state index is -4.48. The third-order valence-corrected chi connectivity index (χ3v) is 1.18. The zero-order valence-electron chi connectivity index (χ0n) is 6.63. The molecule has 0 aliphatic heterocycles. The number of nitrogens with two attached hydrogens (primary N) is 1. The first-order valence-corrected chi connectivity index (χ1v) is 3.33. The Kier molecular flexibility index (Phi) is 2.58. The first-order chi connectivity index (χ1) is 6.40. The molecule has 0 radical (unpaired) electrons. The van der Waals surface area contributed by atoms with Crippen LogP contribution in [0.5, 0.6) is 0 Å². The third-order valence-electron chi connectivity index (χ3n) is 1.18.